The highest BCUT2D eigenvalue weighted by Gasteiger charge is 2.33. The molecule has 0 aliphatic rings. The summed E-state index contributed by atoms with van der Waals surface area (Å²) in [5.74, 6) is 0.977. The largest absolute Gasteiger partial charge is 0.416 e. The molecule has 0 amide bonds. The molecule has 0 aliphatic carbocycles. The molecule has 0 saturated carbocycles. The van der Waals surface area contributed by atoms with Crippen molar-refractivity contribution in [3.8, 4) is 67.8 Å². The average molecular weight is 953 g/mol. The standard InChI is InChI=1S/C60H34F6N6/c1-67-42-19-12-18-38(32-42)39-26-29-51(71-49-23-10-8-20-43(49)47-34-40(59(61,62)63)27-30-52(47)71)46(33-39)45-22-13-25-54(72-50-24-11-9-21-44(50)48-35-41(60(64,65)66)28-31-53(48)72)55(45)58-69-56(36-14-4-2-5-15-36)68-57(70-58)37-16-6-3-7-17-37/h2-35H. The summed E-state index contributed by atoms with van der Waals surface area (Å²) in [5, 5.41) is 1.98. The van der Waals surface area contributed by atoms with Crippen molar-refractivity contribution < 1.29 is 26.3 Å². The maximum Gasteiger partial charge on any atom is 0.416 e. The Morgan fingerprint density at radius 3 is 1.39 bits per heavy atom. The number of aromatic nitrogens is 5. The lowest BCUT2D eigenvalue weighted by Crippen LogP contribution is -2.07. The Bertz CT molecular complexity index is 4090. The van der Waals surface area contributed by atoms with E-state index < -0.39 is 23.5 Å². The highest BCUT2D eigenvalue weighted by atomic mass is 19.4. The molecule has 72 heavy (non-hydrogen) atoms. The Morgan fingerprint density at radius 1 is 0.361 bits per heavy atom. The predicted molar refractivity (Wildman–Crippen MR) is 272 cm³/mol. The van der Waals surface area contributed by atoms with Crippen molar-refractivity contribution in [1.82, 2.24) is 24.1 Å². The Hall–Kier alpha value is -9.34. The van der Waals surface area contributed by atoms with Crippen LogP contribution in [0, 0.1) is 6.57 Å². The molecule has 0 bridgehead atoms. The third-order valence-corrected chi connectivity index (χ3v) is 13.0. The van der Waals surface area contributed by atoms with E-state index in [0.717, 1.165) is 23.3 Å². The first-order valence-electron chi connectivity index (χ1n) is 22.8. The molecule has 12 rings (SSSR count). The number of hydrogen-bond donors (Lipinski definition) is 0. The summed E-state index contributed by atoms with van der Waals surface area (Å²) in [7, 11) is 0. The first-order valence-corrected chi connectivity index (χ1v) is 22.8. The number of fused-ring (bicyclic) bond motifs is 6. The number of benzene rings is 9. The van der Waals surface area contributed by atoms with Gasteiger partial charge in [-0.15, -0.1) is 0 Å². The molecule has 9 aromatic carbocycles. The van der Waals surface area contributed by atoms with Gasteiger partial charge < -0.3 is 9.13 Å². The van der Waals surface area contributed by atoms with Crippen molar-refractivity contribution >= 4 is 49.3 Å². The van der Waals surface area contributed by atoms with Gasteiger partial charge in [0.1, 0.15) is 0 Å². The molecule has 6 nitrogen and oxygen atoms in total. The average Bonchev–Trinajstić information content (AvgIpc) is 3.92. The molecular weight excluding hydrogens is 919 g/mol. The summed E-state index contributed by atoms with van der Waals surface area (Å²) in [6.07, 6.45) is -9.20. The van der Waals surface area contributed by atoms with Crippen LogP contribution >= 0.6 is 0 Å². The molecule has 12 aromatic rings. The highest BCUT2D eigenvalue weighted by molar-refractivity contribution is 6.12. The van der Waals surface area contributed by atoms with Crippen LogP contribution < -0.4 is 0 Å². The van der Waals surface area contributed by atoms with Crippen molar-refractivity contribution in [2.75, 3.05) is 0 Å². The summed E-state index contributed by atoms with van der Waals surface area (Å²) < 4.78 is 90.4. The lowest BCUT2D eigenvalue weighted by atomic mass is 9.92. The van der Waals surface area contributed by atoms with Gasteiger partial charge in [-0.25, -0.2) is 19.8 Å². The maximum absolute atomic E-state index is 14.5. The Kier molecular flexibility index (Phi) is 10.3. The molecule has 0 unspecified atom stereocenters. The van der Waals surface area contributed by atoms with Gasteiger partial charge in [0.2, 0.25) is 0 Å². The van der Waals surface area contributed by atoms with Gasteiger partial charge >= 0.3 is 12.4 Å². The van der Waals surface area contributed by atoms with Crippen LogP contribution in [0.3, 0.4) is 0 Å². The maximum atomic E-state index is 14.5. The monoisotopic (exact) mass is 952 g/mol. The van der Waals surface area contributed by atoms with Gasteiger partial charge in [-0.2, -0.15) is 26.3 Å². The van der Waals surface area contributed by atoms with Crippen LogP contribution in [0.25, 0.3) is 116 Å². The van der Waals surface area contributed by atoms with Crippen molar-refractivity contribution in [3.63, 3.8) is 0 Å². The van der Waals surface area contributed by atoms with Crippen LogP contribution in [-0.2, 0) is 12.4 Å². The first-order chi connectivity index (χ1) is 34.9. The zero-order valence-electron chi connectivity index (χ0n) is 37.6. The molecule has 0 N–H and O–H groups in total. The molecule has 0 fully saturated rings. The van der Waals surface area contributed by atoms with Crippen LogP contribution in [0.5, 0.6) is 0 Å². The van der Waals surface area contributed by atoms with E-state index in [2.05, 4.69) is 4.85 Å². The molecule has 0 aliphatic heterocycles. The van der Waals surface area contributed by atoms with E-state index in [1.807, 2.05) is 137 Å². The van der Waals surface area contributed by atoms with Crippen LogP contribution in [0.2, 0.25) is 0 Å². The number of alkyl halides is 6. The number of halogens is 6. The van der Waals surface area contributed by atoms with Gasteiger partial charge in [0.25, 0.3) is 0 Å². The van der Waals surface area contributed by atoms with Crippen molar-refractivity contribution in [1.29, 1.82) is 0 Å². The van der Waals surface area contributed by atoms with E-state index in [1.54, 1.807) is 42.5 Å². The van der Waals surface area contributed by atoms with Gasteiger partial charge in [-0.1, -0.05) is 133 Å². The molecular formula is C60H34F6N6. The second-order valence-corrected chi connectivity index (χ2v) is 17.3. The lowest BCUT2D eigenvalue weighted by Gasteiger charge is -2.21. The van der Waals surface area contributed by atoms with E-state index in [1.165, 1.54) is 24.3 Å². The minimum absolute atomic E-state index is 0.245. The number of nitrogens with zero attached hydrogens (tertiary/aromatic N) is 6. The number of hydrogen-bond acceptors (Lipinski definition) is 3. The second-order valence-electron chi connectivity index (χ2n) is 17.3. The third kappa shape index (κ3) is 7.50. The smallest absolute Gasteiger partial charge is 0.309 e. The number of para-hydroxylation sites is 2. The minimum atomic E-state index is -4.61. The zero-order chi connectivity index (χ0) is 49.3. The zero-order valence-corrected chi connectivity index (χ0v) is 37.6. The fourth-order valence-corrected chi connectivity index (χ4v) is 9.81. The van der Waals surface area contributed by atoms with Crippen LogP contribution in [0.4, 0.5) is 32.0 Å². The van der Waals surface area contributed by atoms with Crippen LogP contribution in [0.1, 0.15) is 11.1 Å². The van der Waals surface area contributed by atoms with E-state index in [-0.39, 0.29) is 5.82 Å². The van der Waals surface area contributed by atoms with E-state index >= 15 is 0 Å². The van der Waals surface area contributed by atoms with Crippen molar-refractivity contribution in [2.24, 2.45) is 0 Å². The van der Waals surface area contributed by atoms with Gasteiger partial charge in [0, 0.05) is 38.2 Å². The van der Waals surface area contributed by atoms with Crippen LogP contribution in [-0.4, -0.2) is 24.1 Å². The Morgan fingerprint density at radius 2 is 0.833 bits per heavy atom. The summed E-state index contributed by atoms with van der Waals surface area (Å²) in [5.41, 5.74) is 6.86. The summed E-state index contributed by atoms with van der Waals surface area (Å²) >= 11 is 0. The van der Waals surface area contributed by atoms with E-state index in [4.69, 9.17) is 21.5 Å². The second kappa shape index (κ2) is 17.0. The molecule has 12 heteroatoms. The third-order valence-electron chi connectivity index (χ3n) is 13.0. The predicted octanol–water partition coefficient (Wildman–Crippen LogP) is 17.0. The quantitative estimate of drug-likeness (QED) is 0.118. The molecule has 0 atom stereocenters. The van der Waals surface area contributed by atoms with Crippen molar-refractivity contribution in [2.45, 2.75) is 12.4 Å². The molecule has 346 valence electrons. The molecule has 3 heterocycles. The van der Waals surface area contributed by atoms with Gasteiger partial charge in [-0.05, 0) is 89.5 Å². The SMILES string of the molecule is [C-]#[N+]c1cccc(-c2ccc(-n3c4ccccc4c4cc(C(F)(F)F)ccc43)c(-c3cccc(-n4c5ccccc5c5cc(C(F)(F)F)ccc54)c3-c3nc(-c4ccccc4)nc(-c4ccccc4)n3)c2)c1. The lowest BCUT2D eigenvalue weighted by molar-refractivity contribution is -0.138. The van der Waals surface area contributed by atoms with Gasteiger partial charge in [-0.3, -0.25) is 0 Å². The molecule has 0 saturated heterocycles. The van der Waals surface area contributed by atoms with Gasteiger partial charge in [0.05, 0.1) is 56.7 Å². The summed E-state index contributed by atoms with van der Waals surface area (Å²) in [4.78, 5) is 19.2. The first kappa shape index (κ1) is 43.9. The number of rotatable bonds is 7. The van der Waals surface area contributed by atoms with Crippen LogP contribution in [0.15, 0.2) is 206 Å². The Labute approximate surface area is 407 Å². The minimum Gasteiger partial charge on any atom is -0.309 e. The molecule has 3 aromatic heterocycles. The summed E-state index contributed by atoms with van der Waals surface area (Å²) in [6.45, 7) is 7.82. The normalized spacial score (nSPS) is 12.0. The topological polar surface area (TPSA) is 52.9 Å². The fourth-order valence-electron chi connectivity index (χ4n) is 9.81. The Balaban J connectivity index is 1.24. The fraction of sp³-hybridized carbons (Fsp3) is 0.0333. The summed E-state index contributed by atoms with van der Waals surface area (Å²) in [6, 6.07) is 59.8. The molecule has 0 spiro atoms. The van der Waals surface area contributed by atoms with Gasteiger partial charge in [0.15, 0.2) is 23.2 Å². The van der Waals surface area contributed by atoms with E-state index in [0.29, 0.717) is 100 Å². The van der Waals surface area contributed by atoms with E-state index in [9.17, 15) is 26.3 Å². The molecule has 0 radical (unpaired) electrons. The highest BCUT2D eigenvalue weighted by Crippen LogP contribution is 2.46. The van der Waals surface area contributed by atoms with Crippen molar-refractivity contribution in [3.05, 3.63) is 229 Å².